The van der Waals surface area contributed by atoms with E-state index >= 15 is 0 Å². The van der Waals surface area contributed by atoms with E-state index in [1.165, 1.54) is 7.11 Å². The van der Waals surface area contributed by atoms with Gasteiger partial charge in [0.15, 0.2) is 5.11 Å². The molecule has 4 N–H and O–H groups in total. The summed E-state index contributed by atoms with van der Waals surface area (Å²) in [6, 6.07) is 0. The van der Waals surface area contributed by atoms with Gasteiger partial charge in [-0.3, -0.25) is 4.79 Å². The minimum atomic E-state index is -0.463. The van der Waals surface area contributed by atoms with Crippen molar-refractivity contribution in [1.82, 2.24) is 5.01 Å². The second kappa shape index (κ2) is 4.15. The number of nitrogens with zero attached hydrogens (tertiary/aromatic N) is 1. The maximum absolute atomic E-state index is 10.7. The number of rotatable bonds is 2. The first-order valence-corrected chi connectivity index (χ1v) is 2.86. The fourth-order valence-corrected chi connectivity index (χ4v) is 0.418. The Labute approximate surface area is 63.9 Å². The first-order chi connectivity index (χ1) is 4.59. The van der Waals surface area contributed by atoms with Crippen LogP contribution in [0.25, 0.3) is 0 Å². The van der Waals surface area contributed by atoms with Gasteiger partial charge in [0.1, 0.15) is 6.61 Å². The number of methoxy groups -OCH3 is 1. The lowest BCUT2D eigenvalue weighted by molar-refractivity contribution is -0.131. The zero-order chi connectivity index (χ0) is 8.15. The molecule has 0 rings (SSSR count). The molecular formula is C4H9N3O2S. The Kier molecular flexibility index (Phi) is 3.85. The molecule has 0 bridgehead atoms. The van der Waals surface area contributed by atoms with Crippen molar-refractivity contribution >= 4 is 23.2 Å². The molecule has 0 aromatic heterocycles. The molecule has 10 heavy (non-hydrogen) atoms. The van der Waals surface area contributed by atoms with Crippen molar-refractivity contribution in [2.24, 2.45) is 11.6 Å². The van der Waals surface area contributed by atoms with Crippen LogP contribution in [-0.2, 0) is 9.53 Å². The summed E-state index contributed by atoms with van der Waals surface area (Å²) in [5, 5.41) is 0.501. The number of hydrogen-bond acceptors (Lipinski definition) is 4. The van der Waals surface area contributed by atoms with E-state index in [0.717, 1.165) is 0 Å². The molecule has 0 fully saturated rings. The second-order valence-electron chi connectivity index (χ2n) is 1.53. The van der Waals surface area contributed by atoms with Gasteiger partial charge in [-0.25, -0.2) is 10.9 Å². The van der Waals surface area contributed by atoms with Crippen LogP contribution in [0.2, 0.25) is 0 Å². The maximum atomic E-state index is 10.7. The summed E-state index contributed by atoms with van der Waals surface area (Å²) in [7, 11) is 1.38. The van der Waals surface area contributed by atoms with E-state index in [4.69, 9.17) is 11.6 Å². The molecule has 58 valence electrons. The smallest absolute Gasteiger partial charge is 0.269 e. The Morgan fingerprint density at radius 2 is 2.30 bits per heavy atom. The molecule has 0 spiro atoms. The lowest BCUT2D eigenvalue weighted by Crippen LogP contribution is -2.47. The third kappa shape index (κ3) is 2.72. The molecule has 0 saturated carbocycles. The van der Waals surface area contributed by atoms with Gasteiger partial charge >= 0.3 is 0 Å². The number of ether oxygens (including phenoxy) is 1. The summed E-state index contributed by atoms with van der Waals surface area (Å²) >= 11 is 4.41. The normalized spacial score (nSPS) is 9.00. The van der Waals surface area contributed by atoms with Gasteiger partial charge in [-0.05, 0) is 12.2 Å². The van der Waals surface area contributed by atoms with Gasteiger partial charge in [0.25, 0.3) is 5.91 Å². The van der Waals surface area contributed by atoms with E-state index in [2.05, 4.69) is 17.0 Å². The molecule has 0 unspecified atom stereocenters. The van der Waals surface area contributed by atoms with Crippen LogP contribution in [0.3, 0.4) is 0 Å². The average molecular weight is 163 g/mol. The van der Waals surface area contributed by atoms with Crippen LogP contribution in [0.5, 0.6) is 0 Å². The topological polar surface area (TPSA) is 81.6 Å². The monoisotopic (exact) mass is 163 g/mol. The molecule has 0 aromatic rings. The van der Waals surface area contributed by atoms with Crippen LogP contribution < -0.4 is 11.6 Å². The highest BCUT2D eigenvalue weighted by atomic mass is 32.1. The van der Waals surface area contributed by atoms with Crippen LogP contribution in [0.15, 0.2) is 0 Å². The minimum absolute atomic E-state index is 0.117. The lowest BCUT2D eigenvalue weighted by Gasteiger charge is -2.12. The number of hydrogen-bond donors (Lipinski definition) is 2. The number of thiocarbonyl (C=S) groups is 1. The van der Waals surface area contributed by atoms with E-state index in [1.54, 1.807) is 0 Å². The highest BCUT2D eigenvalue weighted by Gasteiger charge is 2.09. The summed E-state index contributed by atoms with van der Waals surface area (Å²) in [4.78, 5) is 10.7. The van der Waals surface area contributed by atoms with Crippen molar-refractivity contribution in [2.75, 3.05) is 13.7 Å². The van der Waals surface area contributed by atoms with Gasteiger partial charge in [0.2, 0.25) is 0 Å². The molecule has 0 aliphatic rings. The Hall–Kier alpha value is -0.720. The SMILES string of the molecule is COCC(=O)N(N)C(N)=S. The summed E-state index contributed by atoms with van der Waals surface area (Å²) < 4.78 is 4.49. The first kappa shape index (κ1) is 9.28. The Morgan fingerprint density at radius 3 is 2.60 bits per heavy atom. The van der Waals surface area contributed by atoms with Crippen LogP contribution >= 0.6 is 12.2 Å². The summed E-state index contributed by atoms with van der Waals surface area (Å²) in [5.41, 5.74) is 5.02. The molecule has 1 amide bonds. The van der Waals surface area contributed by atoms with Crippen LogP contribution in [0.4, 0.5) is 0 Å². The summed E-state index contributed by atoms with van der Waals surface area (Å²) in [6.07, 6.45) is 0. The zero-order valence-electron chi connectivity index (χ0n) is 5.53. The molecule has 0 radical (unpaired) electrons. The largest absolute Gasteiger partial charge is 0.375 e. The molecule has 0 aliphatic carbocycles. The molecule has 0 aromatic carbocycles. The van der Waals surface area contributed by atoms with Crippen molar-refractivity contribution in [3.8, 4) is 0 Å². The average Bonchev–Trinajstić information content (AvgIpc) is 1.87. The van der Waals surface area contributed by atoms with Gasteiger partial charge in [-0.2, -0.15) is 0 Å². The fourth-order valence-electron chi connectivity index (χ4n) is 0.316. The summed E-state index contributed by atoms with van der Waals surface area (Å²) in [5.74, 6) is 4.62. The Bertz CT molecular complexity index is 149. The van der Waals surface area contributed by atoms with Gasteiger partial charge in [-0.1, -0.05) is 0 Å². The minimum Gasteiger partial charge on any atom is -0.375 e. The molecular weight excluding hydrogens is 154 g/mol. The van der Waals surface area contributed by atoms with Gasteiger partial charge in [0.05, 0.1) is 0 Å². The molecule has 0 atom stereocenters. The number of carbonyl (C=O) groups is 1. The third-order valence-electron chi connectivity index (χ3n) is 0.774. The van der Waals surface area contributed by atoms with E-state index in [9.17, 15) is 4.79 Å². The van der Waals surface area contributed by atoms with E-state index in [0.29, 0.717) is 5.01 Å². The van der Waals surface area contributed by atoms with Crippen molar-refractivity contribution in [3.05, 3.63) is 0 Å². The van der Waals surface area contributed by atoms with E-state index in [-0.39, 0.29) is 11.7 Å². The number of nitrogens with two attached hydrogens (primary N) is 2. The van der Waals surface area contributed by atoms with Crippen molar-refractivity contribution in [1.29, 1.82) is 0 Å². The molecule has 6 heteroatoms. The maximum Gasteiger partial charge on any atom is 0.269 e. The molecule has 0 saturated heterocycles. The lowest BCUT2D eigenvalue weighted by atomic mass is 10.6. The van der Waals surface area contributed by atoms with E-state index < -0.39 is 5.91 Å². The van der Waals surface area contributed by atoms with Gasteiger partial charge in [-0.15, -0.1) is 0 Å². The third-order valence-corrected chi connectivity index (χ3v) is 0.971. The van der Waals surface area contributed by atoms with Crippen molar-refractivity contribution < 1.29 is 9.53 Å². The van der Waals surface area contributed by atoms with Crippen molar-refractivity contribution in [3.63, 3.8) is 0 Å². The highest BCUT2D eigenvalue weighted by molar-refractivity contribution is 7.80. The number of carbonyl (C=O) groups excluding carboxylic acids is 1. The highest BCUT2D eigenvalue weighted by Crippen LogP contribution is 1.80. The Morgan fingerprint density at radius 1 is 1.80 bits per heavy atom. The molecule has 0 heterocycles. The van der Waals surface area contributed by atoms with Gasteiger partial charge < -0.3 is 10.5 Å². The molecule has 5 nitrogen and oxygen atoms in total. The Balaban J connectivity index is 3.82. The summed E-state index contributed by atoms with van der Waals surface area (Å²) in [6.45, 7) is -0.117. The fraction of sp³-hybridized carbons (Fsp3) is 0.500. The zero-order valence-corrected chi connectivity index (χ0v) is 6.35. The van der Waals surface area contributed by atoms with Crippen LogP contribution in [0.1, 0.15) is 0 Å². The number of hydrazine groups is 1. The predicted molar refractivity (Wildman–Crippen MR) is 39.7 cm³/mol. The first-order valence-electron chi connectivity index (χ1n) is 2.45. The number of amides is 1. The van der Waals surface area contributed by atoms with Crippen molar-refractivity contribution in [2.45, 2.75) is 0 Å². The second-order valence-corrected chi connectivity index (χ2v) is 1.95. The standard InChI is InChI=1S/C4H9N3O2S/c1-9-2-3(8)7(6)4(5)10/h2,6H2,1H3,(H2,5,10). The van der Waals surface area contributed by atoms with Gasteiger partial charge in [0, 0.05) is 7.11 Å². The predicted octanol–water partition coefficient (Wildman–Crippen LogP) is -1.42. The van der Waals surface area contributed by atoms with Crippen LogP contribution in [0, 0.1) is 0 Å². The van der Waals surface area contributed by atoms with E-state index in [1.807, 2.05) is 0 Å². The quantitative estimate of drug-likeness (QED) is 0.226. The molecule has 0 aliphatic heterocycles. The van der Waals surface area contributed by atoms with Crippen LogP contribution in [-0.4, -0.2) is 29.7 Å².